The Labute approximate surface area is 140 Å². The highest BCUT2D eigenvalue weighted by Gasteiger charge is 2.09. The van der Waals surface area contributed by atoms with Crippen LogP contribution in [0.2, 0.25) is 0 Å². The van der Waals surface area contributed by atoms with Crippen molar-refractivity contribution in [1.82, 2.24) is 10.3 Å². The van der Waals surface area contributed by atoms with Crippen LogP contribution in [-0.2, 0) is 17.8 Å². The van der Waals surface area contributed by atoms with Gasteiger partial charge < -0.3 is 5.32 Å². The van der Waals surface area contributed by atoms with E-state index in [1.807, 2.05) is 54.8 Å². The standard InChI is InChI=1S/C19H18N2OS/c1-14-4-2-5-15(10-14)11-18(22)21-12-16-6-3-8-20-19(16)17-7-9-23-13-17/h2-10,13H,11-12H2,1H3,(H,21,22). The van der Waals surface area contributed by atoms with E-state index in [1.165, 1.54) is 5.56 Å². The highest BCUT2D eigenvalue weighted by molar-refractivity contribution is 7.08. The molecule has 0 aliphatic carbocycles. The summed E-state index contributed by atoms with van der Waals surface area (Å²) in [4.78, 5) is 16.6. The van der Waals surface area contributed by atoms with Crippen LogP contribution < -0.4 is 5.32 Å². The van der Waals surface area contributed by atoms with Gasteiger partial charge in [0.1, 0.15) is 0 Å². The second-order valence-corrected chi connectivity index (χ2v) is 6.25. The predicted molar refractivity (Wildman–Crippen MR) is 94.3 cm³/mol. The molecule has 0 saturated heterocycles. The van der Waals surface area contributed by atoms with E-state index in [2.05, 4.69) is 15.7 Å². The minimum Gasteiger partial charge on any atom is -0.352 e. The molecule has 0 atom stereocenters. The van der Waals surface area contributed by atoms with Crippen molar-refractivity contribution < 1.29 is 4.79 Å². The van der Waals surface area contributed by atoms with Crippen LogP contribution in [0.1, 0.15) is 16.7 Å². The van der Waals surface area contributed by atoms with Gasteiger partial charge in [0.25, 0.3) is 0 Å². The molecular formula is C19H18N2OS. The Bertz CT molecular complexity index is 797. The third kappa shape index (κ3) is 4.05. The number of carbonyl (C=O) groups excluding carboxylic acids is 1. The SMILES string of the molecule is Cc1cccc(CC(=O)NCc2cccnc2-c2ccsc2)c1. The maximum absolute atomic E-state index is 12.2. The Hall–Kier alpha value is -2.46. The van der Waals surface area contributed by atoms with Gasteiger partial charge in [-0.2, -0.15) is 11.3 Å². The molecule has 0 saturated carbocycles. The van der Waals surface area contributed by atoms with Gasteiger partial charge in [0.05, 0.1) is 12.1 Å². The minimum absolute atomic E-state index is 0.0238. The fraction of sp³-hybridized carbons (Fsp3) is 0.158. The number of rotatable bonds is 5. The van der Waals surface area contributed by atoms with Gasteiger partial charge in [-0.3, -0.25) is 9.78 Å². The Kier molecular flexibility index (Phi) is 4.83. The van der Waals surface area contributed by atoms with Crippen LogP contribution in [0.4, 0.5) is 0 Å². The monoisotopic (exact) mass is 322 g/mol. The summed E-state index contributed by atoms with van der Waals surface area (Å²) in [6.45, 7) is 2.52. The number of pyridine rings is 1. The summed E-state index contributed by atoms with van der Waals surface area (Å²) in [5, 5.41) is 7.10. The molecule has 2 heterocycles. The van der Waals surface area contributed by atoms with Crippen molar-refractivity contribution in [2.24, 2.45) is 0 Å². The van der Waals surface area contributed by atoms with Crippen molar-refractivity contribution >= 4 is 17.2 Å². The number of nitrogens with one attached hydrogen (secondary N) is 1. The quantitative estimate of drug-likeness (QED) is 0.772. The molecule has 0 radical (unpaired) electrons. The van der Waals surface area contributed by atoms with Crippen LogP contribution in [0, 0.1) is 6.92 Å². The molecule has 1 aromatic carbocycles. The summed E-state index contributed by atoms with van der Waals surface area (Å²) < 4.78 is 0. The van der Waals surface area contributed by atoms with Crippen molar-refractivity contribution in [3.8, 4) is 11.3 Å². The molecular weight excluding hydrogens is 304 g/mol. The molecule has 116 valence electrons. The summed E-state index contributed by atoms with van der Waals surface area (Å²) >= 11 is 1.64. The van der Waals surface area contributed by atoms with Crippen LogP contribution in [0.15, 0.2) is 59.4 Å². The summed E-state index contributed by atoms with van der Waals surface area (Å²) in [6.07, 6.45) is 2.18. The van der Waals surface area contributed by atoms with Crippen molar-refractivity contribution in [2.75, 3.05) is 0 Å². The normalized spacial score (nSPS) is 10.5. The van der Waals surface area contributed by atoms with Gasteiger partial charge >= 0.3 is 0 Å². The van der Waals surface area contributed by atoms with Crippen LogP contribution in [0.3, 0.4) is 0 Å². The average Bonchev–Trinajstić information content (AvgIpc) is 3.07. The molecule has 3 nitrogen and oxygen atoms in total. The van der Waals surface area contributed by atoms with Crippen molar-refractivity contribution in [3.63, 3.8) is 0 Å². The number of nitrogens with zero attached hydrogens (tertiary/aromatic N) is 1. The molecule has 3 rings (SSSR count). The van der Waals surface area contributed by atoms with Crippen molar-refractivity contribution in [2.45, 2.75) is 19.9 Å². The van der Waals surface area contributed by atoms with Gasteiger partial charge in [-0.05, 0) is 35.6 Å². The first-order valence-electron chi connectivity index (χ1n) is 7.51. The van der Waals surface area contributed by atoms with Gasteiger partial charge in [-0.25, -0.2) is 0 Å². The topological polar surface area (TPSA) is 42.0 Å². The number of carbonyl (C=O) groups is 1. The zero-order chi connectivity index (χ0) is 16.1. The van der Waals surface area contributed by atoms with Gasteiger partial charge in [0, 0.05) is 23.7 Å². The van der Waals surface area contributed by atoms with Crippen LogP contribution in [0.25, 0.3) is 11.3 Å². The number of amides is 1. The van der Waals surface area contributed by atoms with E-state index < -0.39 is 0 Å². The Morgan fingerprint density at radius 1 is 1.22 bits per heavy atom. The molecule has 0 aliphatic rings. The van der Waals surface area contributed by atoms with E-state index in [0.29, 0.717) is 13.0 Å². The van der Waals surface area contributed by atoms with Gasteiger partial charge in [0.15, 0.2) is 0 Å². The number of benzene rings is 1. The molecule has 2 aromatic heterocycles. The summed E-state index contributed by atoms with van der Waals surface area (Å²) in [6, 6.07) is 14.0. The molecule has 0 bridgehead atoms. The van der Waals surface area contributed by atoms with Crippen LogP contribution in [-0.4, -0.2) is 10.9 Å². The first-order chi connectivity index (χ1) is 11.2. The molecule has 0 spiro atoms. The number of hydrogen-bond acceptors (Lipinski definition) is 3. The highest BCUT2D eigenvalue weighted by atomic mass is 32.1. The third-order valence-electron chi connectivity index (χ3n) is 3.61. The average molecular weight is 322 g/mol. The maximum Gasteiger partial charge on any atom is 0.224 e. The molecule has 1 N–H and O–H groups in total. The fourth-order valence-corrected chi connectivity index (χ4v) is 3.14. The summed E-state index contributed by atoms with van der Waals surface area (Å²) in [7, 11) is 0. The fourth-order valence-electron chi connectivity index (χ4n) is 2.50. The van der Waals surface area contributed by atoms with Crippen LogP contribution >= 0.6 is 11.3 Å². The van der Waals surface area contributed by atoms with E-state index in [1.54, 1.807) is 17.5 Å². The van der Waals surface area contributed by atoms with Crippen molar-refractivity contribution in [3.05, 3.63) is 76.1 Å². The predicted octanol–water partition coefficient (Wildman–Crippen LogP) is 3.98. The first-order valence-corrected chi connectivity index (χ1v) is 8.45. The van der Waals surface area contributed by atoms with E-state index in [4.69, 9.17) is 0 Å². The lowest BCUT2D eigenvalue weighted by Gasteiger charge is -2.09. The lowest BCUT2D eigenvalue weighted by molar-refractivity contribution is -0.120. The maximum atomic E-state index is 12.2. The van der Waals surface area contributed by atoms with Crippen molar-refractivity contribution in [1.29, 1.82) is 0 Å². The first kappa shape index (κ1) is 15.4. The Balaban J connectivity index is 1.66. The van der Waals surface area contributed by atoms with Gasteiger partial charge in [0.2, 0.25) is 5.91 Å². The largest absolute Gasteiger partial charge is 0.352 e. The third-order valence-corrected chi connectivity index (χ3v) is 4.29. The zero-order valence-electron chi connectivity index (χ0n) is 13.0. The Morgan fingerprint density at radius 3 is 2.91 bits per heavy atom. The summed E-state index contributed by atoms with van der Waals surface area (Å²) in [5.41, 5.74) is 5.26. The lowest BCUT2D eigenvalue weighted by atomic mass is 10.1. The lowest BCUT2D eigenvalue weighted by Crippen LogP contribution is -2.25. The number of thiophene rings is 1. The number of aryl methyl sites for hydroxylation is 1. The number of hydrogen-bond donors (Lipinski definition) is 1. The molecule has 4 heteroatoms. The van der Waals surface area contributed by atoms with E-state index >= 15 is 0 Å². The molecule has 3 aromatic rings. The minimum atomic E-state index is 0.0238. The van der Waals surface area contributed by atoms with E-state index in [-0.39, 0.29) is 5.91 Å². The zero-order valence-corrected chi connectivity index (χ0v) is 13.8. The van der Waals surface area contributed by atoms with Gasteiger partial charge in [-0.1, -0.05) is 35.9 Å². The smallest absolute Gasteiger partial charge is 0.224 e. The molecule has 0 aliphatic heterocycles. The van der Waals surface area contributed by atoms with Gasteiger partial charge in [-0.15, -0.1) is 0 Å². The molecule has 0 unspecified atom stereocenters. The highest BCUT2D eigenvalue weighted by Crippen LogP contribution is 2.23. The summed E-state index contributed by atoms with van der Waals surface area (Å²) in [5.74, 6) is 0.0238. The van der Waals surface area contributed by atoms with E-state index in [0.717, 1.165) is 22.4 Å². The van der Waals surface area contributed by atoms with Crippen LogP contribution in [0.5, 0.6) is 0 Å². The van der Waals surface area contributed by atoms with E-state index in [9.17, 15) is 4.79 Å². The second-order valence-electron chi connectivity index (χ2n) is 5.47. The second kappa shape index (κ2) is 7.20. The number of aromatic nitrogens is 1. The molecule has 0 fully saturated rings. The Morgan fingerprint density at radius 2 is 2.13 bits per heavy atom. The molecule has 1 amide bonds. The molecule has 23 heavy (non-hydrogen) atoms.